The van der Waals surface area contributed by atoms with E-state index in [2.05, 4.69) is 11.1 Å². The number of fused-ring (bicyclic) bond motifs is 1. The Kier molecular flexibility index (Phi) is 5.54. The molecule has 2 aliphatic heterocycles. The Balaban J connectivity index is 1.27. The Labute approximate surface area is 166 Å². The van der Waals surface area contributed by atoms with Crippen molar-refractivity contribution in [3.8, 4) is 0 Å². The molecule has 2 aliphatic rings. The van der Waals surface area contributed by atoms with Crippen LogP contribution in [0.2, 0.25) is 0 Å². The molecular weight excluding hydrogens is 382 g/mol. The molecule has 1 saturated heterocycles. The number of benzene rings is 1. The van der Waals surface area contributed by atoms with Crippen molar-refractivity contribution in [1.29, 1.82) is 0 Å². The van der Waals surface area contributed by atoms with E-state index in [4.69, 9.17) is 4.42 Å². The Morgan fingerprint density at radius 2 is 1.85 bits per heavy atom. The van der Waals surface area contributed by atoms with Crippen LogP contribution in [0, 0.1) is 0 Å². The molecule has 0 saturated carbocycles. The van der Waals surface area contributed by atoms with E-state index in [0.717, 1.165) is 15.8 Å². The Hall–Kier alpha value is -2.19. The van der Waals surface area contributed by atoms with Crippen molar-refractivity contribution >= 4 is 45.4 Å². The van der Waals surface area contributed by atoms with Crippen molar-refractivity contribution in [2.75, 3.05) is 31.9 Å². The molecule has 0 spiro atoms. The van der Waals surface area contributed by atoms with Gasteiger partial charge in [0.2, 0.25) is 5.91 Å². The summed E-state index contributed by atoms with van der Waals surface area (Å²) in [4.78, 5) is 33.0. The fourth-order valence-corrected chi connectivity index (χ4v) is 4.98. The number of aliphatic imine (C=N–C) groups is 1. The lowest BCUT2D eigenvalue weighted by Crippen LogP contribution is -2.51. The summed E-state index contributed by atoms with van der Waals surface area (Å²) in [6.45, 7) is 2.15. The molecule has 3 heterocycles. The van der Waals surface area contributed by atoms with Crippen molar-refractivity contribution in [3.63, 3.8) is 0 Å². The van der Waals surface area contributed by atoms with Crippen molar-refractivity contribution in [3.05, 3.63) is 54.0 Å². The zero-order valence-corrected chi connectivity index (χ0v) is 16.3. The van der Waals surface area contributed by atoms with Gasteiger partial charge in [-0.3, -0.25) is 9.59 Å². The van der Waals surface area contributed by atoms with Gasteiger partial charge in [0, 0.05) is 31.9 Å². The van der Waals surface area contributed by atoms with Crippen molar-refractivity contribution < 1.29 is 14.0 Å². The average Bonchev–Trinajstić information content (AvgIpc) is 3.26. The van der Waals surface area contributed by atoms with Crippen LogP contribution in [0.1, 0.15) is 16.1 Å². The number of amides is 2. The van der Waals surface area contributed by atoms with Gasteiger partial charge in [0.15, 0.2) is 5.76 Å². The highest BCUT2D eigenvalue weighted by Gasteiger charge is 2.26. The van der Waals surface area contributed by atoms with Gasteiger partial charge in [-0.15, -0.1) is 0 Å². The molecule has 2 amide bonds. The van der Waals surface area contributed by atoms with Crippen LogP contribution in [0.15, 0.2) is 52.1 Å². The van der Waals surface area contributed by atoms with E-state index in [1.165, 1.54) is 23.6 Å². The van der Waals surface area contributed by atoms with Gasteiger partial charge in [0.25, 0.3) is 5.91 Å². The average molecular weight is 402 g/mol. The second-order valence-corrected chi connectivity index (χ2v) is 8.42. The largest absolute Gasteiger partial charge is 0.459 e. The molecule has 1 fully saturated rings. The smallest absolute Gasteiger partial charge is 0.289 e. The molecule has 1 aromatic heterocycles. The molecule has 0 unspecified atom stereocenters. The van der Waals surface area contributed by atoms with Gasteiger partial charge >= 0.3 is 0 Å². The van der Waals surface area contributed by atoms with Crippen LogP contribution < -0.4 is 0 Å². The standard InChI is InChI=1S/C19H19N3O3S2/c23-17(13-27-19-20-15-5-2-1-4-14(15)12-26-19)21-7-9-22(10-8-21)18(24)16-6-3-11-25-16/h1-6,11H,7-10,12-13H2. The summed E-state index contributed by atoms with van der Waals surface area (Å²) in [5.41, 5.74) is 2.23. The first-order valence-electron chi connectivity index (χ1n) is 8.73. The molecule has 4 rings (SSSR count). The van der Waals surface area contributed by atoms with Gasteiger partial charge in [-0.1, -0.05) is 41.7 Å². The third-order valence-corrected chi connectivity index (χ3v) is 6.76. The minimum atomic E-state index is -0.117. The minimum absolute atomic E-state index is 0.0901. The molecule has 140 valence electrons. The number of hydrogen-bond acceptors (Lipinski definition) is 6. The number of rotatable bonds is 3. The second-order valence-electron chi connectivity index (χ2n) is 6.23. The lowest BCUT2D eigenvalue weighted by molar-refractivity contribution is -0.129. The first kappa shape index (κ1) is 18.2. The summed E-state index contributed by atoms with van der Waals surface area (Å²) in [5.74, 6) is 1.59. The first-order valence-corrected chi connectivity index (χ1v) is 10.7. The summed E-state index contributed by atoms with van der Waals surface area (Å²) in [6.07, 6.45) is 1.49. The molecular formula is C19H19N3O3S2. The summed E-state index contributed by atoms with van der Waals surface area (Å²) in [5, 5.41) is 0. The van der Waals surface area contributed by atoms with E-state index in [0.29, 0.717) is 37.7 Å². The quantitative estimate of drug-likeness (QED) is 0.790. The van der Waals surface area contributed by atoms with E-state index in [1.807, 2.05) is 23.1 Å². The van der Waals surface area contributed by atoms with Gasteiger partial charge in [-0.2, -0.15) is 0 Å². The number of furan rings is 1. The molecule has 0 radical (unpaired) electrons. The van der Waals surface area contributed by atoms with Crippen molar-refractivity contribution in [1.82, 2.24) is 9.80 Å². The van der Waals surface area contributed by atoms with Crippen molar-refractivity contribution in [2.45, 2.75) is 5.75 Å². The van der Waals surface area contributed by atoms with Crippen LogP contribution in [0.5, 0.6) is 0 Å². The van der Waals surface area contributed by atoms with Gasteiger partial charge in [0.1, 0.15) is 4.38 Å². The fraction of sp³-hybridized carbons (Fsp3) is 0.316. The topological polar surface area (TPSA) is 66.1 Å². The normalized spacial score (nSPS) is 16.7. The van der Waals surface area contributed by atoms with E-state index in [1.54, 1.807) is 28.8 Å². The third kappa shape index (κ3) is 4.22. The summed E-state index contributed by atoms with van der Waals surface area (Å²) < 4.78 is 6.10. The lowest BCUT2D eigenvalue weighted by atomic mass is 10.2. The zero-order valence-electron chi connectivity index (χ0n) is 14.7. The highest BCUT2D eigenvalue weighted by Crippen LogP contribution is 2.34. The van der Waals surface area contributed by atoms with Gasteiger partial charge < -0.3 is 14.2 Å². The molecule has 6 nitrogen and oxygen atoms in total. The van der Waals surface area contributed by atoms with Crippen molar-refractivity contribution in [2.24, 2.45) is 4.99 Å². The highest BCUT2D eigenvalue weighted by molar-refractivity contribution is 8.38. The van der Waals surface area contributed by atoms with Crippen LogP contribution in [-0.4, -0.2) is 57.9 Å². The Morgan fingerprint density at radius 3 is 2.63 bits per heavy atom. The maximum Gasteiger partial charge on any atom is 0.289 e. The second kappa shape index (κ2) is 8.22. The molecule has 0 N–H and O–H groups in total. The summed E-state index contributed by atoms with van der Waals surface area (Å²) in [7, 11) is 0. The van der Waals surface area contributed by atoms with Crippen LogP contribution in [0.3, 0.4) is 0 Å². The predicted octanol–water partition coefficient (Wildman–Crippen LogP) is 3.23. The molecule has 0 bridgehead atoms. The molecule has 0 atom stereocenters. The molecule has 2 aromatic rings. The van der Waals surface area contributed by atoms with Gasteiger partial charge in [-0.25, -0.2) is 4.99 Å². The van der Waals surface area contributed by atoms with E-state index < -0.39 is 0 Å². The molecule has 27 heavy (non-hydrogen) atoms. The number of para-hydroxylation sites is 1. The zero-order chi connectivity index (χ0) is 18.6. The highest BCUT2D eigenvalue weighted by atomic mass is 32.2. The number of carbonyl (C=O) groups is 2. The Bertz CT molecular complexity index is 859. The minimum Gasteiger partial charge on any atom is -0.459 e. The van der Waals surface area contributed by atoms with Gasteiger partial charge in [0.05, 0.1) is 17.7 Å². The van der Waals surface area contributed by atoms with Gasteiger partial charge in [-0.05, 0) is 23.8 Å². The molecule has 0 aliphatic carbocycles. The maximum atomic E-state index is 12.5. The third-order valence-electron chi connectivity index (χ3n) is 4.53. The summed E-state index contributed by atoms with van der Waals surface area (Å²) >= 11 is 3.17. The first-order chi connectivity index (χ1) is 13.2. The van der Waals surface area contributed by atoms with E-state index in [-0.39, 0.29) is 11.8 Å². The van der Waals surface area contributed by atoms with Crippen LogP contribution >= 0.6 is 23.5 Å². The molecule has 1 aromatic carbocycles. The number of thioether (sulfide) groups is 2. The van der Waals surface area contributed by atoms with E-state index in [9.17, 15) is 9.59 Å². The predicted molar refractivity (Wildman–Crippen MR) is 108 cm³/mol. The monoisotopic (exact) mass is 401 g/mol. The lowest BCUT2D eigenvalue weighted by Gasteiger charge is -2.34. The molecule has 8 heteroatoms. The number of nitrogens with zero attached hydrogens (tertiary/aromatic N) is 3. The Morgan fingerprint density at radius 1 is 1.07 bits per heavy atom. The van der Waals surface area contributed by atoms with Crippen LogP contribution in [0.4, 0.5) is 5.69 Å². The summed E-state index contributed by atoms with van der Waals surface area (Å²) in [6, 6.07) is 11.5. The van der Waals surface area contributed by atoms with Crippen LogP contribution in [-0.2, 0) is 10.5 Å². The maximum absolute atomic E-state index is 12.5. The fourth-order valence-electron chi connectivity index (χ4n) is 3.02. The SMILES string of the molecule is O=C(CSC1=Nc2ccccc2CS1)N1CCN(C(=O)c2ccco2)CC1. The number of piperazine rings is 1. The number of hydrogen-bond donors (Lipinski definition) is 0. The number of carbonyl (C=O) groups excluding carboxylic acids is 2. The van der Waals surface area contributed by atoms with E-state index >= 15 is 0 Å². The van der Waals surface area contributed by atoms with Crippen LogP contribution in [0.25, 0.3) is 0 Å².